The molecule has 0 bridgehead atoms. The highest BCUT2D eigenvalue weighted by atomic mass is 32.1. The molecule has 1 aromatic carbocycles. The van der Waals surface area contributed by atoms with E-state index in [2.05, 4.69) is 21.6 Å². The van der Waals surface area contributed by atoms with E-state index in [0.717, 1.165) is 12.0 Å². The first-order valence-electron chi connectivity index (χ1n) is 9.63. The van der Waals surface area contributed by atoms with E-state index in [0.29, 0.717) is 49.3 Å². The van der Waals surface area contributed by atoms with E-state index in [-0.39, 0.29) is 11.8 Å². The summed E-state index contributed by atoms with van der Waals surface area (Å²) in [6.45, 7) is 3.80. The molecule has 0 spiro atoms. The molecule has 1 saturated heterocycles. The van der Waals surface area contributed by atoms with E-state index in [1.54, 1.807) is 18.4 Å². The van der Waals surface area contributed by atoms with Crippen LogP contribution in [0, 0.1) is 0 Å². The Kier molecular flexibility index (Phi) is 5.80. The van der Waals surface area contributed by atoms with Crippen LogP contribution in [0.2, 0.25) is 0 Å². The minimum absolute atomic E-state index is 0.0725. The maximum Gasteiger partial charge on any atom is 0.232 e. The summed E-state index contributed by atoms with van der Waals surface area (Å²) < 4.78 is 16.4. The van der Waals surface area contributed by atoms with Crippen LogP contribution >= 0.6 is 11.3 Å². The largest absolute Gasteiger partial charge is 0.493 e. The van der Waals surface area contributed by atoms with Crippen LogP contribution in [0.5, 0.6) is 11.5 Å². The minimum atomic E-state index is -0.0725. The molecule has 0 radical (unpaired) electrons. The number of likely N-dealkylation sites (tertiary alicyclic amines) is 1. The first kappa shape index (κ1) is 19.4. The summed E-state index contributed by atoms with van der Waals surface area (Å²) >= 11 is 1.71. The average molecular weight is 413 g/mol. The summed E-state index contributed by atoms with van der Waals surface area (Å²) in [7, 11) is 1.60. The molecule has 8 heteroatoms. The first-order valence-corrected chi connectivity index (χ1v) is 10.5. The SMILES string of the molecule is CCOc1ccc(-c2noc(C3CC(=O)N(CCc4cccs4)C3)n2)cc1OC. The van der Waals surface area contributed by atoms with Crippen molar-refractivity contribution < 1.29 is 18.8 Å². The van der Waals surface area contributed by atoms with Gasteiger partial charge in [0.15, 0.2) is 11.5 Å². The molecule has 4 rings (SSSR count). The molecule has 1 amide bonds. The van der Waals surface area contributed by atoms with Gasteiger partial charge in [0.2, 0.25) is 17.6 Å². The first-order chi connectivity index (χ1) is 14.2. The zero-order chi connectivity index (χ0) is 20.2. The summed E-state index contributed by atoms with van der Waals surface area (Å²) in [5, 5.41) is 6.16. The number of hydrogen-bond acceptors (Lipinski definition) is 7. The van der Waals surface area contributed by atoms with Crippen LogP contribution in [0.25, 0.3) is 11.4 Å². The monoisotopic (exact) mass is 413 g/mol. The van der Waals surface area contributed by atoms with Crippen LogP contribution in [0.15, 0.2) is 40.2 Å². The van der Waals surface area contributed by atoms with Crippen LogP contribution in [-0.4, -0.2) is 47.8 Å². The maximum atomic E-state index is 12.4. The number of hydrogen-bond donors (Lipinski definition) is 0. The Morgan fingerprint density at radius 3 is 2.97 bits per heavy atom. The van der Waals surface area contributed by atoms with Crippen molar-refractivity contribution in [1.82, 2.24) is 15.0 Å². The third-order valence-corrected chi connectivity index (χ3v) is 5.87. The molecule has 7 nitrogen and oxygen atoms in total. The lowest BCUT2D eigenvalue weighted by Gasteiger charge is -2.15. The summed E-state index contributed by atoms with van der Waals surface area (Å²) in [4.78, 5) is 20.1. The molecule has 152 valence electrons. The van der Waals surface area contributed by atoms with Crippen molar-refractivity contribution >= 4 is 17.2 Å². The molecule has 3 aromatic rings. The van der Waals surface area contributed by atoms with Gasteiger partial charge in [-0.05, 0) is 43.0 Å². The Morgan fingerprint density at radius 1 is 1.31 bits per heavy atom. The summed E-state index contributed by atoms with van der Waals surface area (Å²) in [6, 6.07) is 9.66. The quantitative estimate of drug-likeness (QED) is 0.560. The molecule has 1 aliphatic rings. The van der Waals surface area contributed by atoms with Gasteiger partial charge < -0.3 is 18.9 Å². The fourth-order valence-corrected chi connectivity index (χ4v) is 4.15. The third-order valence-electron chi connectivity index (χ3n) is 4.94. The van der Waals surface area contributed by atoms with Gasteiger partial charge in [-0.1, -0.05) is 11.2 Å². The Hall–Kier alpha value is -2.87. The number of carbonyl (C=O) groups excluding carboxylic acids is 1. The van der Waals surface area contributed by atoms with E-state index in [9.17, 15) is 4.79 Å². The number of nitrogens with zero attached hydrogens (tertiary/aromatic N) is 3. The lowest BCUT2D eigenvalue weighted by atomic mass is 10.1. The number of methoxy groups -OCH3 is 1. The van der Waals surface area contributed by atoms with E-state index >= 15 is 0 Å². The summed E-state index contributed by atoms with van der Waals surface area (Å²) in [6.07, 6.45) is 1.27. The average Bonchev–Trinajstić information content (AvgIpc) is 3.48. The molecular formula is C21H23N3O4S. The number of carbonyl (C=O) groups is 1. The Morgan fingerprint density at radius 2 is 2.21 bits per heavy atom. The number of aromatic nitrogens is 2. The van der Waals surface area contributed by atoms with Crippen LogP contribution < -0.4 is 9.47 Å². The van der Waals surface area contributed by atoms with Crippen molar-refractivity contribution in [2.75, 3.05) is 26.8 Å². The van der Waals surface area contributed by atoms with Gasteiger partial charge >= 0.3 is 0 Å². The van der Waals surface area contributed by atoms with Gasteiger partial charge in [0.1, 0.15) is 0 Å². The zero-order valence-corrected chi connectivity index (χ0v) is 17.3. The second-order valence-electron chi connectivity index (χ2n) is 6.83. The fraction of sp³-hybridized carbons (Fsp3) is 0.381. The van der Waals surface area contributed by atoms with Gasteiger partial charge in [-0.2, -0.15) is 4.98 Å². The van der Waals surface area contributed by atoms with E-state index in [4.69, 9.17) is 14.0 Å². The van der Waals surface area contributed by atoms with Crippen molar-refractivity contribution in [3.63, 3.8) is 0 Å². The van der Waals surface area contributed by atoms with Crippen LogP contribution in [0.3, 0.4) is 0 Å². The van der Waals surface area contributed by atoms with Crippen molar-refractivity contribution in [2.24, 2.45) is 0 Å². The smallest absolute Gasteiger partial charge is 0.232 e. The molecule has 1 atom stereocenters. The Bertz CT molecular complexity index is 970. The highest BCUT2D eigenvalue weighted by Gasteiger charge is 2.34. The van der Waals surface area contributed by atoms with Crippen molar-refractivity contribution in [3.05, 3.63) is 46.5 Å². The normalized spacial score (nSPS) is 16.4. The maximum absolute atomic E-state index is 12.4. The molecule has 2 aromatic heterocycles. The molecule has 0 saturated carbocycles. The second-order valence-corrected chi connectivity index (χ2v) is 7.86. The highest BCUT2D eigenvalue weighted by Crippen LogP contribution is 2.33. The van der Waals surface area contributed by atoms with E-state index in [1.807, 2.05) is 36.1 Å². The zero-order valence-electron chi connectivity index (χ0n) is 16.5. The molecule has 1 fully saturated rings. The van der Waals surface area contributed by atoms with Crippen molar-refractivity contribution in [1.29, 1.82) is 0 Å². The van der Waals surface area contributed by atoms with Crippen LogP contribution in [0.4, 0.5) is 0 Å². The van der Waals surface area contributed by atoms with Crippen LogP contribution in [0.1, 0.15) is 30.0 Å². The number of amides is 1. The van der Waals surface area contributed by atoms with Gasteiger partial charge in [0, 0.05) is 30.0 Å². The number of rotatable bonds is 8. The van der Waals surface area contributed by atoms with Crippen molar-refractivity contribution in [2.45, 2.75) is 25.7 Å². The van der Waals surface area contributed by atoms with Gasteiger partial charge in [0.05, 0.1) is 19.6 Å². The predicted octanol–water partition coefficient (Wildman–Crippen LogP) is 3.76. The van der Waals surface area contributed by atoms with Crippen LogP contribution in [-0.2, 0) is 11.2 Å². The Labute approximate surface area is 173 Å². The fourth-order valence-electron chi connectivity index (χ4n) is 3.45. The number of benzene rings is 1. The van der Waals surface area contributed by atoms with Gasteiger partial charge in [0.25, 0.3) is 0 Å². The van der Waals surface area contributed by atoms with Gasteiger partial charge in [-0.15, -0.1) is 11.3 Å². The van der Waals surface area contributed by atoms with Gasteiger partial charge in [-0.3, -0.25) is 4.79 Å². The summed E-state index contributed by atoms with van der Waals surface area (Å²) in [5.74, 6) is 2.33. The molecule has 1 aliphatic heterocycles. The summed E-state index contributed by atoms with van der Waals surface area (Å²) in [5.41, 5.74) is 0.777. The Balaban J connectivity index is 1.44. The van der Waals surface area contributed by atoms with E-state index in [1.165, 1.54) is 4.88 Å². The molecule has 3 heterocycles. The molecular weight excluding hydrogens is 390 g/mol. The van der Waals surface area contributed by atoms with Crippen molar-refractivity contribution in [3.8, 4) is 22.9 Å². The number of thiophene rings is 1. The molecule has 1 unspecified atom stereocenters. The molecule has 0 N–H and O–H groups in total. The molecule has 0 aliphatic carbocycles. The van der Waals surface area contributed by atoms with E-state index < -0.39 is 0 Å². The third kappa shape index (κ3) is 4.27. The van der Waals surface area contributed by atoms with Gasteiger partial charge in [-0.25, -0.2) is 0 Å². The number of ether oxygens (including phenoxy) is 2. The second kappa shape index (κ2) is 8.65. The minimum Gasteiger partial charge on any atom is -0.493 e. The lowest BCUT2D eigenvalue weighted by molar-refractivity contribution is -0.127. The predicted molar refractivity (Wildman–Crippen MR) is 109 cm³/mol. The molecule has 29 heavy (non-hydrogen) atoms. The standard InChI is InChI=1S/C21H23N3O4S/c1-3-27-17-7-6-14(11-18(17)26-2)20-22-21(28-23-20)15-12-19(25)24(13-15)9-8-16-5-4-10-29-16/h4-7,10-11,15H,3,8-9,12-13H2,1-2H3. The lowest BCUT2D eigenvalue weighted by Crippen LogP contribution is -2.27. The highest BCUT2D eigenvalue weighted by molar-refractivity contribution is 7.09. The topological polar surface area (TPSA) is 77.7 Å².